The molecule has 2 heteroatoms. The van der Waals surface area contributed by atoms with Crippen LogP contribution in [0.2, 0.25) is 0 Å². The van der Waals surface area contributed by atoms with Crippen LogP contribution < -0.4 is 9.47 Å². The second kappa shape index (κ2) is 5.21. The van der Waals surface area contributed by atoms with Crippen molar-refractivity contribution in [3.63, 3.8) is 0 Å². The van der Waals surface area contributed by atoms with Crippen LogP contribution in [-0.2, 0) is 6.61 Å². The van der Waals surface area contributed by atoms with E-state index in [-0.39, 0.29) is 0 Å². The number of hydrogen-bond acceptors (Lipinski definition) is 2. The minimum absolute atomic E-state index is 0.546. The van der Waals surface area contributed by atoms with Gasteiger partial charge in [0, 0.05) is 12.1 Å². The fourth-order valence-electron chi connectivity index (χ4n) is 1.37. The summed E-state index contributed by atoms with van der Waals surface area (Å²) in [5, 5.41) is 0. The van der Waals surface area contributed by atoms with Crippen molar-refractivity contribution >= 4 is 0 Å². The summed E-state index contributed by atoms with van der Waals surface area (Å²) in [5.41, 5.74) is 1.14. The lowest BCUT2D eigenvalue weighted by molar-refractivity contribution is 0.303. The molecule has 2 aromatic carbocycles. The van der Waals surface area contributed by atoms with Crippen molar-refractivity contribution in [3.05, 3.63) is 60.2 Å². The summed E-state index contributed by atoms with van der Waals surface area (Å²) in [6.07, 6.45) is 0. The molecule has 1 radical (unpaired) electrons. The molecular formula is C14H13O2. The van der Waals surface area contributed by atoms with Crippen LogP contribution in [0.1, 0.15) is 5.56 Å². The maximum atomic E-state index is 5.60. The summed E-state index contributed by atoms with van der Waals surface area (Å²) >= 11 is 0. The van der Waals surface area contributed by atoms with Gasteiger partial charge in [-0.15, -0.1) is 0 Å². The van der Waals surface area contributed by atoms with Gasteiger partial charge in [0.25, 0.3) is 0 Å². The lowest BCUT2D eigenvalue weighted by Gasteiger charge is -2.07. The van der Waals surface area contributed by atoms with E-state index in [1.807, 2.05) is 42.5 Å². The highest BCUT2D eigenvalue weighted by Crippen LogP contribution is 2.19. The van der Waals surface area contributed by atoms with Crippen LogP contribution in [0.3, 0.4) is 0 Å². The van der Waals surface area contributed by atoms with E-state index in [0.29, 0.717) is 12.4 Å². The highest BCUT2D eigenvalue weighted by molar-refractivity contribution is 5.32. The van der Waals surface area contributed by atoms with Crippen LogP contribution in [0.25, 0.3) is 0 Å². The van der Waals surface area contributed by atoms with Gasteiger partial charge in [-0.05, 0) is 17.7 Å². The van der Waals surface area contributed by atoms with Gasteiger partial charge in [-0.25, -0.2) is 0 Å². The quantitative estimate of drug-likeness (QED) is 0.777. The topological polar surface area (TPSA) is 18.5 Å². The van der Waals surface area contributed by atoms with E-state index in [1.54, 1.807) is 13.2 Å². The second-order valence-electron chi connectivity index (χ2n) is 3.37. The van der Waals surface area contributed by atoms with Crippen LogP contribution in [0.4, 0.5) is 0 Å². The van der Waals surface area contributed by atoms with Crippen LogP contribution in [0.5, 0.6) is 11.5 Å². The van der Waals surface area contributed by atoms with Crippen LogP contribution in [-0.4, -0.2) is 7.11 Å². The molecule has 0 heterocycles. The molecule has 0 spiro atoms. The lowest BCUT2D eigenvalue weighted by atomic mass is 10.2. The summed E-state index contributed by atoms with van der Waals surface area (Å²) in [6.45, 7) is 0.546. The minimum Gasteiger partial charge on any atom is -0.497 e. The zero-order chi connectivity index (χ0) is 11.2. The standard InChI is InChI=1S/C14H13O2/c1-15-13-8-5-9-14(10-13)16-11-12-6-3-2-4-7-12/h2-8,10H,11H2,1H3. The molecule has 0 aromatic heterocycles. The summed E-state index contributed by atoms with van der Waals surface area (Å²) < 4.78 is 10.7. The summed E-state index contributed by atoms with van der Waals surface area (Å²) in [6, 6.07) is 18.5. The minimum atomic E-state index is 0.546. The highest BCUT2D eigenvalue weighted by Gasteiger charge is 1.97. The van der Waals surface area contributed by atoms with E-state index in [1.165, 1.54) is 0 Å². The predicted octanol–water partition coefficient (Wildman–Crippen LogP) is 3.07. The van der Waals surface area contributed by atoms with Crippen molar-refractivity contribution in [3.8, 4) is 11.5 Å². The molecule has 2 rings (SSSR count). The third-order valence-corrected chi connectivity index (χ3v) is 2.22. The average molecular weight is 213 g/mol. The Bertz CT molecular complexity index is 437. The molecule has 16 heavy (non-hydrogen) atoms. The van der Waals surface area contributed by atoms with Crippen molar-refractivity contribution in [1.29, 1.82) is 0 Å². The molecule has 0 fully saturated rings. The Kier molecular flexibility index (Phi) is 3.44. The molecular weight excluding hydrogens is 200 g/mol. The van der Waals surface area contributed by atoms with Gasteiger partial charge in [-0.3, -0.25) is 0 Å². The molecule has 2 aromatic rings. The van der Waals surface area contributed by atoms with Crippen LogP contribution >= 0.6 is 0 Å². The molecule has 0 saturated carbocycles. The number of methoxy groups -OCH3 is 1. The smallest absolute Gasteiger partial charge is 0.131 e. The molecule has 2 nitrogen and oxygen atoms in total. The van der Waals surface area contributed by atoms with Crippen molar-refractivity contribution in [2.24, 2.45) is 0 Å². The molecule has 81 valence electrons. The Labute approximate surface area is 95.4 Å². The summed E-state index contributed by atoms with van der Waals surface area (Å²) in [4.78, 5) is 0. The van der Waals surface area contributed by atoms with Gasteiger partial charge in [0.15, 0.2) is 0 Å². The van der Waals surface area contributed by atoms with Crippen LogP contribution in [0, 0.1) is 6.07 Å². The molecule has 0 amide bonds. The Morgan fingerprint density at radius 2 is 1.94 bits per heavy atom. The van der Waals surface area contributed by atoms with Gasteiger partial charge in [-0.1, -0.05) is 30.3 Å². The van der Waals surface area contributed by atoms with Gasteiger partial charge in [0.05, 0.1) is 7.11 Å². The van der Waals surface area contributed by atoms with E-state index in [9.17, 15) is 0 Å². The number of rotatable bonds is 4. The van der Waals surface area contributed by atoms with E-state index in [4.69, 9.17) is 9.47 Å². The van der Waals surface area contributed by atoms with E-state index in [0.717, 1.165) is 11.3 Å². The third-order valence-electron chi connectivity index (χ3n) is 2.22. The average Bonchev–Trinajstić information content (AvgIpc) is 2.38. The normalized spacial score (nSPS) is 9.81. The highest BCUT2D eigenvalue weighted by atomic mass is 16.5. The molecule has 0 aliphatic rings. The molecule has 0 unspecified atom stereocenters. The summed E-state index contributed by atoms with van der Waals surface area (Å²) in [7, 11) is 1.64. The van der Waals surface area contributed by atoms with Crippen molar-refractivity contribution in [2.75, 3.05) is 7.11 Å². The zero-order valence-electron chi connectivity index (χ0n) is 9.14. The van der Waals surface area contributed by atoms with Gasteiger partial charge >= 0.3 is 0 Å². The zero-order valence-corrected chi connectivity index (χ0v) is 9.14. The van der Waals surface area contributed by atoms with Gasteiger partial charge in [-0.2, -0.15) is 0 Å². The Hall–Kier alpha value is -1.96. The third kappa shape index (κ3) is 2.76. The maximum Gasteiger partial charge on any atom is 0.131 e. The SMILES string of the molecule is COc1cc[c]c(OCc2ccccc2)c1. The largest absolute Gasteiger partial charge is 0.497 e. The van der Waals surface area contributed by atoms with Crippen molar-refractivity contribution < 1.29 is 9.47 Å². The van der Waals surface area contributed by atoms with Crippen LogP contribution in [0.15, 0.2) is 48.5 Å². The first kappa shape index (κ1) is 10.6. The van der Waals surface area contributed by atoms with E-state index < -0.39 is 0 Å². The van der Waals surface area contributed by atoms with E-state index in [2.05, 4.69) is 6.07 Å². The first-order valence-corrected chi connectivity index (χ1v) is 5.11. The Morgan fingerprint density at radius 1 is 1.12 bits per heavy atom. The molecule has 0 N–H and O–H groups in total. The first-order chi connectivity index (χ1) is 7.88. The van der Waals surface area contributed by atoms with Crippen molar-refractivity contribution in [1.82, 2.24) is 0 Å². The summed E-state index contributed by atoms with van der Waals surface area (Å²) in [5.74, 6) is 1.48. The number of ether oxygens (including phenoxy) is 2. The molecule has 0 atom stereocenters. The molecule has 0 bridgehead atoms. The predicted molar refractivity (Wildman–Crippen MR) is 62.6 cm³/mol. The molecule has 0 aliphatic heterocycles. The Balaban J connectivity index is 1.99. The van der Waals surface area contributed by atoms with Crippen molar-refractivity contribution in [2.45, 2.75) is 6.61 Å². The molecule has 0 aliphatic carbocycles. The monoisotopic (exact) mass is 213 g/mol. The number of hydrogen-bond donors (Lipinski definition) is 0. The van der Waals surface area contributed by atoms with E-state index >= 15 is 0 Å². The fourth-order valence-corrected chi connectivity index (χ4v) is 1.37. The van der Waals surface area contributed by atoms with Gasteiger partial charge in [0.1, 0.15) is 18.1 Å². The first-order valence-electron chi connectivity index (χ1n) is 5.11. The maximum absolute atomic E-state index is 5.60. The fraction of sp³-hybridized carbons (Fsp3) is 0.143. The van der Waals surface area contributed by atoms with Gasteiger partial charge in [0.2, 0.25) is 0 Å². The second-order valence-corrected chi connectivity index (χ2v) is 3.37. The van der Waals surface area contributed by atoms with Gasteiger partial charge < -0.3 is 9.47 Å². The Morgan fingerprint density at radius 3 is 2.69 bits per heavy atom. The molecule has 0 saturated heterocycles. The lowest BCUT2D eigenvalue weighted by Crippen LogP contribution is -1.95. The number of benzene rings is 2.